The van der Waals surface area contributed by atoms with Crippen LogP contribution in [0.5, 0.6) is 0 Å². The van der Waals surface area contributed by atoms with Gasteiger partial charge in [0.25, 0.3) is 0 Å². The molecule has 3 heterocycles. The van der Waals surface area contributed by atoms with E-state index in [0.717, 1.165) is 16.6 Å². The maximum absolute atomic E-state index is 13.8. The predicted octanol–water partition coefficient (Wildman–Crippen LogP) is 6.50. The van der Waals surface area contributed by atoms with E-state index in [1.165, 1.54) is 0 Å². The van der Waals surface area contributed by atoms with Crippen LogP contribution in [0.3, 0.4) is 0 Å². The molecule has 0 spiro atoms. The average molecular weight is 543 g/mol. The van der Waals surface area contributed by atoms with Gasteiger partial charge in [-0.05, 0) is 55.3 Å². The lowest BCUT2D eigenvalue weighted by molar-refractivity contribution is 0.00816. The molecule has 0 saturated carbocycles. The molecule has 9 heteroatoms. The van der Waals surface area contributed by atoms with Crippen molar-refractivity contribution in [3.63, 3.8) is 0 Å². The number of fused-ring (bicyclic) bond motifs is 3. The monoisotopic (exact) mass is 542 g/mol. The fraction of sp³-hybridized carbons (Fsp3) is 0.607. The van der Waals surface area contributed by atoms with E-state index in [1.54, 1.807) is 8.97 Å². The molecule has 1 aliphatic heterocycles. The minimum absolute atomic E-state index is 0.0582. The zero-order chi connectivity index (χ0) is 27.6. The van der Waals surface area contributed by atoms with Crippen LogP contribution in [0.25, 0.3) is 16.7 Å². The van der Waals surface area contributed by atoms with Crippen LogP contribution >= 0.6 is 0 Å². The van der Waals surface area contributed by atoms with Crippen LogP contribution in [-0.4, -0.2) is 49.4 Å². The van der Waals surface area contributed by atoms with Gasteiger partial charge in [0.05, 0.1) is 23.7 Å². The second-order valence-corrected chi connectivity index (χ2v) is 23.0. The average Bonchev–Trinajstić information content (AvgIpc) is 3.35. The van der Waals surface area contributed by atoms with Crippen LogP contribution in [0.15, 0.2) is 35.3 Å². The number of aryl methyl sites for hydroxylation is 1. The molecule has 1 aliphatic rings. The van der Waals surface area contributed by atoms with Gasteiger partial charge in [-0.3, -0.25) is 4.57 Å². The Hall–Kier alpha value is -1.79. The van der Waals surface area contributed by atoms with E-state index in [1.807, 2.05) is 37.4 Å². The molecule has 7 nitrogen and oxygen atoms in total. The number of para-hydroxylation sites is 2. The SMILES string of the molecule is Cc1cn([C]2C[C@H](O[Si](C)(C)C(C)(C)C)[C@@H](CO[Si](C)(C)C(C)(C)C)O2)c(=O)n2c1nc1ccccc12. The Labute approximate surface area is 223 Å². The first-order valence-corrected chi connectivity index (χ1v) is 19.1. The van der Waals surface area contributed by atoms with Crippen molar-refractivity contribution in [2.75, 3.05) is 6.61 Å². The van der Waals surface area contributed by atoms with Crippen LogP contribution in [0.2, 0.25) is 36.3 Å². The minimum Gasteiger partial charge on any atom is -0.414 e. The van der Waals surface area contributed by atoms with Crippen LogP contribution < -0.4 is 5.69 Å². The number of rotatable bonds is 6. The molecular weight excluding hydrogens is 498 g/mol. The number of hydrogen-bond acceptors (Lipinski definition) is 5. The third kappa shape index (κ3) is 5.25. The maximum atomic E-state index is 13.8. The molecule has 1 radical (unpaired) electrons. The van der Waals surface area contributed by atoms with E-state index >= 15 is 0 Å². The van der Waals surface area contributed by atoms with E-state index in [0.29, 0.717) is 24.9 Å². The van der Waals surface area contributed by atoms with E-state index in [4.69, 9.17) is 18.6 Å². The van der Waals surface area contributed by atoms with Gasteiger partial charge in [-0.2, -0.15) is 0 Å². The van der Waals surface area contributed by atoms with Crippen molar-refractivity contribution in [2.24, 2.45) is 0 Å². The van der Waals surface area contributed by atoms with Gasteiger partial charge in [-0.25, -0.2) is 14.2 Å². The second kappa shape index (κ2) is 9.45. The van der Waals surface area contributed by atoms with E-state index in [2.05, 4.69) is 67.7 Å². The Morgan fingerprint density at radius 1 is 1.03 bits per heavy atom. The number of imidazole rings is 1. The number of nitrogens with zero attached hydrogens (tertiary/aromatic N) is 3. The second-order valence-electron chi connectivity index (χ2n) is 13.5. The molecule has 37 heavy (non-hydrogen) atoms. The first-order chi connectivity index (χ1) is 16.9. The first kappa shape index (κ1) is 28.2. The summed E-state index contributed by atoms with van der Waals surface area (Å²) in [5.41, 5.74) is 3.01. The van der Waals surface area contributed by atoms with Crippen LogP contribution in [0, 0.1) is 13.2 Å². The molecule has 1 saturated heterocycles. The molecular formula is C28H44N3O4Si2. The predicted molar refractivity (Wildman–Crippen MR) is 155 cm³/mol. The van der Waals surface area contributed by atoms with Crippen LogP contribution in [0.4, 0.5) is 0 Å². The van der Waals surface area contributed by atoms with Crippen molar-refractivity contribution in [1.82, 2.24) is 14.0 Å². The molecule has 2 atom stereocenters. The molecule has 0 aliphatic carbocycles. The first-order valence-electron chi connectivity index (χ1n) is 13.3. The summed E-state index contributed by atoms with van der Waals surface area (Å²) in [5.74, 6) is 0. The quantitative estimate of drug-likeness (QED) is 0.333. The Bertz CT molecular complexity index is 1350. The molecule has 0 N–H and O–H groups in total. The van der Waals surface area contributed by atoms with E-state index < -0.39 is 16.6 Å². The summed E-state index contributed by atoms with van der Waals surface area (Å²) in [6.07, 6.45) is 2.53. The zero-order valence-corrected chi connectivity index (χ0v) is 26.4. The van der Waals surface area contributed by atoms with Crippen molar-refractivity contribution < 1.29 is 13.6 Å². The topological polar surface area (TPSA) is 67.0 Å². The highest BCUT2D eigenvalue weighted by atomic mass is 28.4. The Kier molecular flexibility index (Phi) is 7.21. The van der Waals surface area contributed by atoms with Gasteiger partial charge < -0.3 is 13.6 Å². The van der Waals surface area contributed by atoms with Crippen molar-refractivity contribution in [2.45, 2.75) is 103 Å². The largest absolute Gasteiger partial charge is 0.414 e. The third-order valence-electron chi connectivity index (χ3n) is 8.65. The zero-order valence-electron chi connectivity index (χ0n) is 24.4. The van der Waals surface area contributed by atoms with Gasteiger partial charge >= 0.3 is 5.69 Å². The molecule has 1 aromatic carbocycles. The van der Waals surface area contributed by atoms with Crippen molar-refractivity contribution >= 4 is 33.3 Å². The molecule has 203 valence electrons. The van der Waals surface area contributed by atoms with Gasteiger partial charge in [0.1, 0.15) is 11.8 Å². The smallest absolute Gasteiger partial charge is 0.336 e. The standard InChI is InChI=1S/C28H44N3O4Si2/c1-19-17-30(26(32)31-21-15-13-12-14-20(21)29-25(19)31)24-16-22(35-37(10,11)28(5,6)7)23(34-24)18-33-36(8,9)27(2,3)4/h12-15,17,22-23H,16,18H2,1-11H3/t22-,23+/m0/s1. The number of aromatic nitrogens is 3. The summed E-state index contributed by atoms with van der Waals surface area (Å²) >= 11 is 0. The van der Waals surface area contributed by atoms with Gasteiger partial charge in [-0.15, -0.1) is 0 Å². The fourth-order valence-corrected chi connectivity index (χ4v) is 6.52. The highest BCUT2D eigenvalue weighted by molar-refractivity contribution is 6.74. The number of hydrogen-bond donors (Lipinski definition) is 0. The Balaban J connectivity index is 1.71. The fourth-order valence-electron chi connectivity index (χ4n) is 4.16. The van der Waals surface area contributed by atoms with Crippen molar-refractivity contribution in [3.8, 4) is 0 Å². The summed E-state index contributed by atoms with van der Waals surface area (Å²) in [7, 11) is -4.08. The maximum Gasteiger partial charge on any atom is 0.336 e. The summed E-state index contributed by atoms with van der Waals surface area (Å²) in [4.78, 5) is 18.5. The van der Waals surface area contributed by atoms with E-state index in [-0.39, 0.29) is 28.0 Å². The van der Waals surface area contributed by atoms with E-state index in [9.17, 15) is 4.79 Å². The van der Waals surface area contributed by atoms with Gasteiger partial charge in [0.2, 0.25) is 0 Å². The van der Waals surface area contributed by atoms with Gasteiger partial charge in [0, 0.05) is 18.2 Å². The van der Waals surface area contributed by atoms with Crippen molar-refractivity contribution in [1.29, 1.82) is 0 Å². The highest BCUT2D eigenvalue weighted by Gasteiger charge is 2.47. The normalized spacial score (nSPS) is 20.4. The highest BCUT2D eigenvalue weighted by Crippen LogP contribution is 2.42. The third-order valence-corrected chi connectivity index (χ3v) is 17.7. The summed E-state index contributed by atoms with van der Waals surface area (Å²) < 4.78 is 23.3. The van der Waals surface area contributed by atoms with Crippen LogP contribution in [-0.2, 0) is 13.6 Å². The van der Waals surface area contributed by atoms with Crippen molar-refractivity contribution in [3.05, 3.63) is 52.7 Å². The lowest BCUT2D eigenvalue weighted by Crippen LogP contribution is -2.48. The molecule has 0 amide bonds. The Morgan fingerprint density at radius 2 is 1.65 bits per heavy atom. The lowest BCUT2D eigenvalue weighted by Gasteiger charge is -2.40. The van der Waals surface area contributed by atoms with Crippen LogP contribution in [0.1, 0.15) is 53.5 Å². The molecule has 0 unspecified atom stereocenters. The molecule has 2 aromatic heterocycles. The molecule has 0 bridgehead atoms. The molecule has 4 rings (SSSR count). The van der Waals surface area contributed by atoms with Gasteiger partial charge in [0.15, 0.2) is 22.9 Å². The number of ether oxygens (including phenoxy) is 1. The van der Waals surface area contributed by atoms with Gasteiger partial charge in [-0.1, -0.05) is 53.7 Å². The minimum atomic E-state index is -2.09. The lowest BCUT2D eigenvalue weighted by atomic mass is 10.2. The Morgan fingerprint density at radius 3 is 2.27 bits per heavy atom. The summed E-state index contributed by atoms with van der Waals surface area (Å²) in [6, 6.07) is 7.73. The molecule has 1 fully saturated rings. The number of benzene rings is 1. The summed E-state index contributed by atoms with van der Waals surface area (Å²) in [5, 5.41) is 0.151. The molecule has 3 aromatic rings. The summed E-state index contributed by atoms with van der Waals surface area (Å²) in [6.45, 7) is 24.9.